The molecule has 0 aliphatic rings. The molecule has 0 spiro atoms. The van der Waals surface area contributed by atoms with Crippen LogP contribution in [0.1, 0.15) is 29.9 Å². The van der Waals surface area contributed by atoms with Gasteiger partial charge in [0.1, 0.15) is 16.4 Å². The lowest BCUT2D eigenvalue weighted by Crippen LogP contribution is -2.10. The molecule has 26 heavy (non-hydrogen) atoms. The number of esters is 1. The molecule has 0 atom stereocenters. The van der Waals surface area contributed by atoms with Gasteiger partial charge >= 0.3 is 5.97 Å². The molecule has 1 aromatic carbocycles. The van der Waals surface area contributed by atoms with Gasteiger partial charge in [-0.3, -0.25) is 0 Å². The third-order valence-corrected chi connectivity index (χ3v) is 5.13. The molecule has 0 saturated carbocycles. The Morgan fingerprint density at radius 2 is 1.96 bits per heavy atom. The average Bonchev–Trinajstić information content (AvgIpc) is 3.21. The summed E-state index contributed by atoms with van der Waals surface area (Å²) < 4.78 is 20.3. The van der Waals surface area contributed by atoms with Crippen LogP contribution in [0.3, 0.4) is 0 Å². The fourth-order valence-corrected chi connectivity index (χ4v) is 3.71. The van der Waals surface area contributed by atoms with Crippen LogP contribution >= 0.6 is 34.5 Å². The molecule has 9 heteroatoms. The summed E-state index contributed by atoms with van der Waals surface area (Å²) >= 11 is 13.9. The number of hydrogen-bond donors (Lipinski definition) is 0. The number of ether oxygens (including phenoxy) is 1. The second kappa shape index (κ2) is 6.98. The molecule has 0 saturated heterocycles. The SMILES string of the molecule is COC(=O)c1csc(-c2cnn(-c3c(Cl)cc(C(C)(C)F)cc3Cl)c2)n1. The van der Waals surface area contributed by atoms with Crippen LogP contribution in [0, 0.1) is 0 Å². The third kappa shape index (κ3) is 3.60. The van der Waals surface area contributed by atoms with E-state index < -0.39 is 11.6 Å². The predicted molar refractivity (Wildman–Crippen MR) is 100 cm³/mol. The van der Waals surface area contributed by atoms with E-state index in [1.807, 2.05) is 0 Å². The summed E-state index contributed by atoms with van der Waals surface area (Å²) in [5, 5.41) is 7.02. The van der Waals surface area contributed by atoms with Crippen molar-refractivity contribution in [2.24, 2.45) is 0 Å². The van der Waals surface area contributed by atoms with Crippen molar-refractivity contribution in [3.05, 3.63) is 51.2 Å². The first kappa shape index (κ1) is 18.8. The maximum absolute atomic E-state index is 14.2. The van der Waals surface area contributed by atoms with E-state index in [4.69, 9.17) is 23.2 Å². The van der Waals surface area contributed by atoms with Gasteiger partial charge in [0.15, 0.2) is 5.69 Å². The maximum atomic E-state index is 14.2. The third-order valence-electron chi connectivity index (χ3n) is 3.66. The predicted octanol–water partition coefficient (Wildman–Crippen LogP) is 5.29. The highest BCUT2D eigenvalue weighted by Gasteiger charge is 2.23. The number of methoxy groups -OCH3 is 1. The van der Waals surface area contributed by atoms with E-state index in [-0.39, 0.29) is 15.7 Å². The normalized spacial score (nSPS) is 11.6. The monoisotopic (exact) mass is 413 g/mol. The van der Waals surface area contributed by atoms with Gasteiger partial charge < -0.3 is 4.74 Å². The number of aromatic nitrogens is 3. The zero-order valence-electron chi connectivity index (χ0n) is 14.1. The highest BCUT2D eigenvalue weighted by Crippen LogP contribution is 2.36. The van der Waals surface area contributed by atoms with Crippen molar-refractivity contribution in [2.45, 2.75) is 19.5 Å². The zero-order chi connectivity index (χ0) is 19.1. The summed E-state index contributed by atoms with van der Waals surface area (Å²) in [5.41, 5.74) is 0.174. The first-order valence-electron chi connectivity index (χ1n) is 7.48. The Hall–Kier alpha value is -1.96. The van der Waals surface area contributed by atoms with Crippen molar-refractivity contribution in [1.29, 1.82) is 0 Å². The molecule has 3 rings (SSSR count). The smallest absolute Gasteiger partial charge is 0.357 e. The van der Waals surface area contributed by atoms with Gasteiger partial charge in [-0.25, -0.2) is 18.9 Å². The molecule has 5 nitrogen and oxygen atoms in total. The minimum absolute atomic E-state index is 0.228. The molecule has 0 fully saturated rings. The lowest BCUT2D eigenvalue weighted by atomic mass is 10.00. The molecule has 0 bridgehead atoms. The summed E-state index contributed by atoms with van der Waals surface area (Å²) in [6.45, 7) is 2.87. The van der Waals surface area contributed by atoms with Gasteiger partial charge in [0.25, 0.3) is 0 Å². The van der Waals surface area contributed by atoms with Crippen molar-refractivity contribution < 1.29 is 13.9 Å². The zero-order valence-corrected chi connectivity index (χ0v) is 16.4. The largest absolute Gasteiger partial charge is 0.464 e. The van der Waals surface area contributed by atoms with E-state index in [2.05, 4.69) is 14.8 Å². The van der Waals surface area contributed by atoms with E-state index in [1.165, 1.54) is 49.1 Å². The lowest BCUT2D eigenvalue weighted by molar-refractivity contribution is 0.0595. The van der Waals surface area contributed by atoms with Crippen LogP contribution in [0.5, 0.6) is 0 Å². The molecule has 0 aliphatic carbocycles. The van der Waals surface area contributed by atoms with E-state index >= 15 is 0 Å². The summed E-state index contributed by atoms with van der Waals surface area (Å²) in [4.78, 5) is 15.7. The number of benzene rings is 1. The van der Waals surface area contributed by atoms with Crippen LogP contribution in [0.15, 0.2) is 29.9 Å². The Bertz CT molecular complexity index is 956. The molecule has 0 unspecified atom stereocenters. The highest BCUT2D eigenvalue weighted by molar-refractivity contribution is 7.13. The fourth-order valence-electron chi connectivity index (χ4n) is 2.29. The number of carbonyl (C=O) groups is 1. The maximum Gasteiger partial charge on any atom is 0.357 e. The van der Waals surface area contributed by atoms with Crippen molar-refractivity contribution >= 4 is 40.5 Å². The number of hydrogen-bond acceptors (Lipinski definition) is 5. The Labute approximate surface area is 163 Å². The first-order chi connectivity index (χ1) is 12.2. The van der Waals surface area contributed by atoms with Gasteiger partial charge in [-0.05, 0) is 31.5 Å². The van der Waals surface area contributed by atoms with Gasteiger partial charge in [-0.15, -0.1) is 11.3 Å². The van der Waals surface area contributed by atoms with Crippen molar-refractivity contribution in [3.8, 4) is 16.3 Å². The lowest BCUT2D eigenvalue weighted by Gasteiger charge is -2.17. The number of thiazole rings is 1. The molecule has 0 radical (unpaired) electrons. The van der Waals surface area contributed by atoms with Crippen LogP contribution in [0.4, 0.5) is 4.39 Å². The van der Waals surface area contributed by atoms with Crippen molar-refractivity contribution in [2.75, 3.05) is 7.11 Å². The van der Waals surface area contributed by atoms with Gasteiger partial charge in [-0.1, -0.05) is 23.2 Å². The molecular formula is C17H14Cl2FN3O2S. The minimum atomic E-state index is -1.56. The molecular weight excluding hydrogens is 400 g/mol. The summed E-state index contributed by atoms with van der Waals surface area (Å²) in [7, 11) is 1.30. The quantitative estimate of drug-likeness (QED) is 0.544. The number of carbonyl (C=O) groups excluding carboxylic acids is 1. The molecule has 136 valence electrons. The van der Waals surface area contributed by atoms with Gasteiger partial charge in [0.05, 0.1) is 23.4 Å². The van der Waals surface area contributed by atoms with E-state index in [9.17, 15) is 9.18 Å². The number of rotatable bonds is 4. The minimum Gasteiger partial charge on any atom is -0.464 e. The van der Waals surface area contributed by atoms with Crippen LogP contribution in [0.2, 0.25) is 10.0 Å². The Kier molecular flexibility index (Phi) is 5.05. The Morgan fingerprint density at radius 1 is 1.31 bits per heavy atom. The van der Waals surface area contributed by atoms with Crippen LogP contribution < -0.4 is 0 Å². The second-order valence-electron chi connectivity index (χ2n) is 5.96. The van der Waals surface area contributed by atoms with E-state index in [0.717, 1.165) is 0 Å². The van der Waals surface area contributed by atoms with Crippen LogP contribution in [-0.4, -0.2) is 27.8 Å². The molecule has 0 N–H and O–H groups in total. The topological polar surface area (TPSA) is 57.0 Å². The molecule has 2 heterocycles. The standard InChI is InChI=1S/C17H14Cl2FN3O2S/c1-17(2,20)10-4-11(18)14(12(19)5-10)23-7-9(6-21-23)15-22-13(8-26-15)16(24)25-3/h4-8H,1-3H3. The molecule has 0 aliphatic heterocycles. The second-order valence-corrected chi connectivity index (χ2v) is 7.64. The van der Waals surface area contributed by atoms with Gasteiger partial charge in [0, 0.05) is 17.1 Å². The summed E-state index contributed by atoms with van der Waals surface area (Å²) in [6, 6.07) is 3.06. The number of alkyl halides is 1. The van der Waals surface area contributed by atoms with E-state index in [0.29, 0.717) is 21.8 Å². The van der Waals surface area contributed by atoms with Crippen LogP contribution in [0.25, 0.3) is 16.3 Å². The highest BCUT2D eigenvalue weighted by atomic mass is 35.5. The number of halogens is 3. The summed E-state index contributed by atoms with van der Waals surface area (Å²) in [5.74, 6) is -0.504. The van der Waals surface area contributed by atoms with Crippen LogP contribution in [-0.2, 0) is 10.4 Å². The fraction of sp³-hybridized carbons (Fsp3) is 0.235. The van der Waals surface area contributed by atoms with Gasteiger partial charge in [0.2, 0.25) is 0 Å². The molecule has 2 aromatic heterocycles. The molecule has 3 aromatic rings. The van der Waals surface area contributed by atoms with E-state index in [1.54, 1.807) is 17.8 Å². The Balaban J connectivity index is 1.98. The first-order valence-corrected chi connectivity index (χ1v) is 9.12. The summed E-state index contributed by atoms with van der Waals surface area (Å²) in [6.07, 6.45) is 3.27. The molecule has 0 amide bonds. The Morgan fingerprint density at radius 3 is 2.54 bits per heavy atom. The average molecular weight is 414 g/mol. The van der Waals surface area contributed by atoms with Gasteiger partial charge in [-0.2, -0.15) is 5.10 Å². The van der Waals surface area contributed by atoms with Crippen molar-refractivity contribution in [3.63, 3.8) is 0 Å². The number of nitrogens with zero attached hydrogens (tertiary/aromatic N) is 3. The van der Waals surface area contributed by atoms with Crippen molar-refractivity contribution in [1.82, 2.24) is 14.8 Å².